The minimum absolute atomic E-state index is 0.227. The van der Waals surface area contributed by atoms with Gasteiger partial charge in [-0.15, -0.1) is 11.8 Å². The van der Waals surface area contributed by atoms with Crippen molar-refractivity contribution in [3.63, 3.8) is 0 Å². The molecule has 3 nitrogen and oxygen atoms in total. The molecule has 0 aliphatic rings. The lowest BCUT2D eigenvalue weighted by Crippen LogP contribution is -2.13. The average Bonchev–Trinajstić information content (AvgIpc) is 2.28. The van der Waals surface area contributed by atoms with E-state index in [4.69, 9.17) is 11.5 Å². The standard InChI is InChI=1S/C12H13FN2OS/c13-11-4-3-10(7-17-8-12(15)16)9(6-11)2-1-5-14/h3-4,6H,5,7-8,14H2,(H2,15,16). The summed E-state index contributed by atoms with van der Waals surface area (Å²) in [5, 5.41) is 0. The van der Waals surface area contributed by atoms with Gasteiger partial charge in [0.05, 0.1) is 12.3 Å². The summed E-state index contributed by atoms with van der Waals surface area (Å²) >= 11 is 1.37. The second-order valence-electron chi connectivity index (χ2n) is 3.27. The molecule has 0 spiro atoms. The molecule has 0 heterocycles. The number of rotatable bonds is 4. The lowest BCUT2D eigenvalue weighted by Gasteiger charge is -2.03. The molecule has 5 heteroatoms. The van der Waals surface area contributed by atoms with E-state index in [0.717, 1.165) is 5.56 Å². The van der Waals surface area contributed by atoms with Crippen LogP contribution in [0.25, 0.3) is 0 Å². The number of primary amides is 1. The minimum Gasteiger partial charge on any atom is -0.369 e. The lowest BCUT2D eigenvalue weighted by molar-refractivity contribution is -0.115. The first-order valence-corrected chi connectivity index (χ1v) is 6.12. The zero-order valence-electron chi connectivity index (χ0n) is 9.20. The molecular formula is C12H13FN2OS. The Kier molecular flexibility index (Phi) is 5.53. The molecule has 0 radical (unpaired) electrons. The highest BCUT2D eigenvalue weighted by molar-refractivity contribution is 7.99. The highest BCUT2D eigenvalue weighted by Crippen LogP contribution is 2.17. The summed E-state index contributed by atoms with van der Waals surface area (Å²) in [7, 11) is 0. The molecule has 90 valence electrons. The van der Waals surface area contributed by atoms with Gasteiger partial charge in [0.2, 0.25) is 5.91 Å². The van der Waals surface area contributed by atoms with Crippen molar-refractivity contribution in [2.75, 3.05) is 12.3 Å². The van der Waals surface area contributed by atoms with Gasteiger partial charge >= 0.3 is 0 Å². The SMILES string of the molecule is NCC#Cc1cc(F)ccc1CSCC(N)=O. The molecule has 0 saturated heterocycles. The van der Waals surface area contributed by atoms with Gasteiger partial charge in [0, 0.05) is 11.3 Å². The molecule has 1 rings (SSSR count). The maximum absolute atomic E-state index is 13.0. The van der Waals surface area contributed by atoms with E-state index in [1.807, 2.05) is 0 Å². The van der Waals surface area contributed by atoms with Crippen LogP contribution in [-0.2, 0) is 10.5 Å². The number of halogens is 1. The van der Waals surface area contributed by atoms with Crippen LogP contribution in [0.5, 0.6) is 0 Å². The fourth-order valence-corrected chi connectivity index (χ4v) is 1.97. The third kappa shape index (κ3) is 4.89. The number of thioether (sulfide) groups is 1. The first kappa shape index (κ1) is 13.6. The molecule has 0 unspecified atom stereocenters. The van der Waals surface area contributed by atoms with Crippen molar-refractivity contribution in [3.05, 3.63) is 35.1 Å². The average molecular weight is 252 g/mol. The molecule has 0 atom stereocenters. The van der Waals surface area contributed by atoms with E-state index in [1.54, 1.807) is 6.07 Å². The molecule has 0 fully saturated rings. The zero-order valence-corrected chi connectivity index (χ0v) is 10.0. The molecule has 1 aromatic carbocycles. The number of benzene rings is 1. The van der Waals surface area contributed by atoms with Gasteiger partial charge in [-0.2, -0.15) is 0 Å². The maximum Gasteiger partial charge on any atom is 0.227 e. The smallest absolute Gasteiger partial charge is 0.227 e. The van der Waals surface area contributed by atoms with E-state index in [9.17, 15) is 9.18 Å². The largest absolute Gasteiger partial charge is 0.369 e. The first-order chi connectivity index (χ1) is 8.13. The van der Waals surface area contributed by atoms with Gasteiger partial charge in [0.1, 0.15) is 5.82 Å². The van der Waals surface area contributed by atoms with Crippen LogP contribution in [0.1, 0.15) is 11.1 Å². The summed E-state index contributed by atoms with van der Waals surface area (Å²) in [5.41, 5.74) is 11.8. The third-order valence-corrected chi connectivity index (χ3v) is 2.90. The van der Waals surface area contributed by atoms with Crippen molar-refractivity contribution in [2.45, 2.75) is 5.75 Å². The molecule has 17 heavy (non-hydrogen) atoms. The van der Waals surface area contributed by atoms with Gasteiger partial charge in [-0.1, -0.05) is 17.9 Å². The molecule has 1 aromatic rings. The third-order valence-electron chi connectivity index (χ3n) is 1.90. The van der Waals surface area contributed by atoms with Crippen LogP contribution in [-0.4, -0.2) is 18.2 Å². The van der Waals surface area contributed by atoms with E-state index in [2.05, 4.69) is 11.8 Å². The van der Waals surface area contributed by atoms with Crippen molar-refractivity contribution in [2.24, 2.45) is 11.5 Å². The Morgan fingerprint density at radius 1 is 1.47 bits per heavy atom. The molecule has 0 aromatic heterocycles. The van der Waals surface area contributed by atoms with Crippen LogP contribution in [0.15, 0.2) is 18.2 Å². The quantitative estimate of drug-likeness (QED) is 0.781. The molecule has 0 aliphatic heterocycles. The Morgan fingerprint density at radius 3 is 2.88 bits per heavy atom. The van der Waals surface area contributed by atoms with Crippen LogP contribution in [0.2, 0.25) is 0 Å². The van der Waals surface area contributed by atoms with Gasteiger partial charge in [-0.05, 0) is 17.7 Å². The first-order valence-electron chi connectivity index (χ1n) is 4.97. The number of hydrogen-bond acceptors (Lipinski definition) is 3. The van der Waals surface area contributed by atoms with E-state index in [-0.39, 0.29) is 24.0 Å². The minimum atomic E-state index is -0.369. The van der Waals surface area contributed by atoms with E-state index in [0.29, 0.717) is 11.3 Å². The normalized spacial score (nSPS) is 9.53. The molecule has 4 N–H and O–H groups in total. The summed E-state index contributed by atoms with van der Waals surface area (Å²) < 4.78 is 13.0. The molecule has 0 saturated carbocycles. The maximum atomic E-state index is 13.0. The number of nitrogens with two attached hydrogens (primary N) is 2. The summed E-state index contributed by atoms with van der Waals surface area (Å²) in [6.45, 7) is 0.227. The predicted molar refractivity (Wildman–Crippen MR) is 67.7 cm³/mol. The Hall–Kier alpha value is -1.51. The van der Waals surface area contributed by atoms with Gasteiger partial charge in [-0.25, -0.2) is 4.39 Å². The molecule has 0 bridgehead atoms. The highest BCUT2D eigenvalue weighted by atomic mass is 32.2. The molecule has 0 aliphatic carbocycles. The molecule has 1 amide bonds. The van der Waals surface area contributed by atoms with Crippen LogP contribution in [0.4, 0.5) is 4.39 Å². The Balaban J connectivity index is 2.79. The van der Waals surface area contributed by atoms with Crippen molar-refractivity contribution in [3.8, 4) is 11.8 Å². The van der Waals surface area contributed by atoms with Crippen LogP contribution in [0, 0.1) is 17.7 Å². The van der Waals surface area contributed by atoms with Crippen molar-refractivity contribution in [1.82, 2.24) is 0 Å². The molecular weight excluding hydrogens is 239 g/mol. The van der Waals surface area contributed by atoms with E-state index in [1.165, 1.54) is 23.9 Å². The van der Waals surface area contributed by atoms with Gasteiger partial charge in [0.25, 0.3) is 0 Å². The zero-order chi connectivity index (χ0) is 12.7. The Morgan fingerprint density at radius 2 is 2.24 bits per heavy atom. The summed E-state index contributed by atoms with van der Waals surface area (Å²) in [5.74, 6) is 5.59. The van der Waals surface area contributed by atoms with Gasteiger partial charge in [0.15, 0.2) is 0 Å². The Bertz CT molecular complexity index is 465. The summed E-state index contributed by atoms with van der Waals surface area (Å²) in [6, 6.07) is 4.39. The van der Waals surface area contributed by atoms with Crippen molar-refractivity contribution >= 4 is 17.7 Å². The Labute approximate surface area is 104 Å². The van der Waals surface area contributed by atoms with Crippen LogP contribution >= 0.6 is 11.8 Å². The summed E-state index contributed by atoms with van der Waals surface area (Å²) in [4.78, 5) is 10.6. The van der Waals surface area contributed by atoms with Gasteiger partial charge < -0.3 is 11.5 Å². The van der Waals surface area contributed by atoms with Crippen LogP contribution in [0.3, 0.4) is 0 Å². The number of carbonyl (C=O) groups excluding carboxylic acids is 1. The topological polar surface area (TPSA) is 69.1 Å². The second-order valence-corrected chi connectivity index (χ2v) is 4.25. The predicted octanol–water partition coefficient (Wildman–Crippen LogP) is 0.854. The monoisotopic (exact) mass is 252 g/mol. The second kappa shape index (κ2) is 6.94. The van der Waals surface area contributed by atoms with Crippen LogP contribution < -0.4 is 11.5 Å². The number of amides is 1. The summed E-state index contributed by atoms with van der Waals surface area (Å²) in [6.07, 6.45) is 0. The van der Waals surface area contributed by atoms with Crippen molar-refractivity contribution in [1.29, 1.82) is 0 Å². The van der Waals surface area contributed by atoms with E-state index >= 15 is 0 Å². The number of hydrogen-bond donors (Lipinski definition) is 2. The fourth-order valence-electron chi connectivity index (χ4n) is 1.20. The van der Waals surface area contributed by atoms with Gasteiger partial charge in [-0.3, -0.25) is 4.79 Å². The van der Waals surface area contributed by atoms with E-state index < -0.39 is 0 Å². The highest BCUT2D eigenvalue weighted by Gasteiger charge is 2.03. The lowest BCUT2D eigenvalue weighted by atomic mass is 10.1. The number of carbonyl (C=O) groups is 1. The van der Waals surface area contributed by atoms with Crippen molar-refractivity contribution < 1.29 is 9.18 Å². The fraction of sp³-hybridized carbons (Fsp3) is 0.250.